The second kappa shape index (κ2) is 6.27. The lowest BCUT2D eigenvalue weighted by atomic mass is 10.1. The van der Waals surface area contributed by atoms with Crippen molar-refractivity contribution >= 4 is 21.4 Å². The van der Waals surface area contributed by atoms with Crippen LogP contribution in [0.15, 0.2) is 34.5 Å². The number of nitrogens with zero attached hydrogens (tertiary/aromatic N) is 1. The van der Waals surface area contributed by atoms with Crippen molar-refractivity contribution in [1.82, 2.24) is 4.31 Å². The lowest BCUT2D eigenvalue weighted by molar-refractivity contribution is 0.465. The Morgan fingerprint density at radius 2 is 1.86 bits per heavy atom. The van der Waals surface area contributed by atoms with Gasteiger partial charge in [0.1, 0.15) is 4.90 Å². The Labute approximate surface area is 130 Å². The van der Waals surface area contributed by atoms with Crippen LogP contribution in [0.2, 0.25) is 0 Å². The zero-order valence-electron chi connectivity index (χ0n) is 12.5. The van der Waals surface area contributed by atoms with E-state index in [-0.39, 0.29) is 6.54 Å². The minimum atomic E-state index is -3.52. The minimum absolute atomic E-state index is 0.241. The van der Waals surface area contributed by atoms with E-state index < -0.39 is 10.0 Å². The standard InChI is InChI=1S/C15H20N2O2S2/c1-11-6-4-5-7-13(11)9-17(3)21(18,19)15-12(2)10-20-14(15)8-16/h4-7,10H,8-9,16H2,1-3H3. The molecule has 114 valence electrons. The van der Waals surface area contributed by atoms with Gasteiger partial charge in [0.05, 0.1) is 0 Å². The molecule has 21 heavy (non-hydrogen) atoms. The van der Waals surface area contributed by atoms with E-state index in [1.165, 1.54) is 15.6 Å². The third-order valence-corrected chi connectivity index (χ3v) is 6.79. The van der Waals surface area contributed by atoms with Gasteiger partial charge in [-0.15, -0.1) is 11.3 Å². The molecule has 1 heterocycles. The summed E-state index contributed by atoms with van der Waals surface area (Å²) in [6.07, 6.45) is 0. The Morgan fingerprint density at radius 1 is 1.19 bits per heavy atom. The van der Waals surface area contributed by atoms with Gasteiger partial charge in [0, 0.05) is 25.0 Å². The van der Waals surface area contributed by atoms with Crippen LogP contribution in [-0.4, -0.2) is 19.8 Å². The molecule has 0 radical (unpaired) electrons. The van der Waals surface area contributed by atoms with Gasteiger partial charge in [-0.2, -0.15) is 4.31 Å². The number of rotatable bonds is 5. The van der Waals surface area contributed by atoms with Crippen LogP contribution in [0, 0.1) is 13.8 Å². The average Bonchev–Trinajstić information content (AvgIpc) is 2.83. The number of hydrogen-bond donors (Lipinski definition) is 1. The molecule has 0 aliphatic carbocycles. The Bertz CT molecular complexity index is 736. The number of nitrogens with two attached hydrogens (primary N) is 1. The Balaban J connectivity index is 2.35. The summed E-state index contributed by atoms with van der Waals surface area (Å²) < 4.78 is 27.0. The molecule has 4 nitrogen and oxygen atoms in total. The SMILES string of the molecule is Cc1ccccc1CN(C)S(=O)(=O)c1c(C)csc1CN. The van der Waals surface area contributed by atoms with E-state index in [0.717, 1.165) is 16.7 Å². The van der Waals surface area contributed by atoms with E-state index in [4.69, 9.17) is 5.73 Å². The summed E-state index contributed by atoms with van der Waals surface area (Å²) in [7, 11) is -1.91. The van der Waals surface area contributed by atoms with E-state index in [1.807, 2.05) is 43.5 Å². The van der Waals surface area contributed by atoms with Crippen LogP contribution >= 0.6 is 11.3 Å². The highest BCUT2D eigenvalue weighted by atomic mass is 32.2. The molecule has 6 heteroatoms. The van der Waals surface area contributed by atoms with Crippen LogP contribution in [0.25, 0.3) is 0 Å². The summed E-state index contributed by atoms with van der Waals surface area (Å²) in [5.41, 5.74) is 8.52. The highest BCUT2D eigenvalue weighted by Crippen LogP contribution is 2.29. The van der Waals surface area contributed by atoms with Crippen molar-refractivity contribution < 1.29 is 8.42 Å². The summed E-state index contributed by atoms with van der Waals surface area (Å²) in [5.74, 6) is 0. The van der Waals surface area contributed by atoms with E-state index in [2.05, 4.69) is 0 Å². The number of thiophene rings is 1. The maximum atomic E-state index is 12.8. The lowest BCUT2D eigenvalue weighted by Crippen LogP contribution is -2.28. The molecule has 2 aromatic rings. The van der Waals surface area contributed by atoms with Crippen molar-refractivity contribution in [2.75, 3.05) is 7.05 Å². The molecule has 0 fully saturated rings. The molecule has 0 aliphatic heterocycles. The molecular formula is C15H20N2O2S2. The first-order valence-electron chi connectivity index (χ1n) is 6.65. The fraction of sp³-hybridized carbons (Fsp3) is 0.333. The number of hydrogen-bond acceptors (Lipinski definition) is 4. The highest BCUT2D eigenvalue weighted by Gasteiger charge is 2.27. The molecule has 0 bridgehead atoms. The summed E-state index contributed by atoms with van der Waals surface area (Å²) in [6.45, 7) is 4.39. The maximum absolute atomic E-state index is 12.8. The molecule has 0 amide bonds. The van der Waals surface area contributed by atoms with Gasteiger partial charge in [-0.05, 0) is 35.9 Å². The van der Waals surface area contributed by atoms with Crippen molar-refractivity contribution in [2.24, 2.45) is 5.73 Å². The lowest BCUT2D eigenvalue weighted by Gasteiger charge is -2.19. The average molecular weight is 324 g/mol. The van der Waals surface area contributed by atoms with Gasteiger partial charge < -0.3 is 5.73 Å². The van der Waals surface area contributed by atoms with Crippen molar-refractivity contribution in [1.29, 1.82) is 0 Å². The maximum Gasteiger partial charge on any atom is 0.244 e. The molecule has 0 spiro atoms. The molecule has 2 rings (SSSR count). The van der Waals surface area contributed by atoms with E-state index >= 15 is 0 Å². The van der Waals surface area contributed by atoms with E-state index in [9.17, 15) is 8.42 Å². The van der Waals surface area contributed by atoms with Crippen LogP contribution in [0.5, 0.6) is 0 Å². The molecule has 0 saturated heterocycles. The minimum Gasteiger partial charge on any atom is -0.326 e. The van der Waals surface area contributed by atoms with Crippen LogP contribution < -0.4 is 5.73 Å². The largest absolute Gasteiger partial charge is 0.326 e. The molecule has 2 N–H and O–H groups in total. The van der Waals surface area contributed by atoms with Crippen LogP contribution in [-0.2, 0) is 23.1 Å². The van der Waals surface area contributed by atoms with Crippen molar-refractivity contribution in [3.05, 3.63) is 51.2 Å². The van der Waals surface area contributed by atoms with E-state index in [1.54, 1.807) is 7.05 Å². The summed E-state index contributed by atoms with van der Waals surface area (Å²) in [4.78, 5) is 1.08. The topological polar surface area (TPSA) is 63.4 Å². The van der Waals surface area contributed by atoms with Crippen molar-refractivity contribution in [3.63, 3.8) is 0 Å². The molecule has 1 aromatic carbocycles. The van der Waals surface area contributed by atoms with Crippen LogP contribution in [0.4, 0.5) is 0 Å². The second-order valence-corrected chi connectivity index (χ2v) is 8.01. The molecule has 0 saturated carbocycles. The first-order valence-corrected chi connectivity index (χ1v) is 8.97. The Morgan fingerprint density at radius 3 is 2.48 bits per heavy atom. The summed E-state index contributed by atoms with van der Waals surface area (Å²) in [5, 5.41) is 1.84. The Kier molecular flexibility index (Phi) is 4.83. The van der Waals surface area contributed by atoms with Crippen molar-refractivity contribution in [2.45, 2.75) is 31.8 Å². The summed E-state index contributed by atoms with van der Waals surface area (Å²) in [6, 6.07) is 7.80. The number of aryl methyl sites for hydroxylation is 2. The quantitative estimate of drug-likeness (QED) is 0.919. The fourth-order valence-corrected chi connectivity index (χ4v) is 5.04. The van der Waals surface area contributed by atoms with Gasteiger partial charge in [0.15, 0.2) is 0 Å². The molecule has 1 aromatic heterocycles. The predicted molar refractivity (Wildman–Crippen MR) is 86.8 cm³/mol. The van der Waals surface area contributed by atoms with Gasteiger partial charge in [-0.3, -0.25) is 0 Å². The number of benzene rings is 1. The zero-order valence-corrected chi connectivity index (χ0v) is 14.1. The highest BCUT2D eigenvalue weighted by molar-refractivity contribution is 7.89. The Hall–Kier alpha value is -1.21. The monoisotopic (exact) mass is 324 g/mol. The first kappa shape index (κ1) is 16.2. The van der Waals surface area contributed by atoms with Crippen LogP contribution in [0.3, 0.4) is 0 Å². The van der Waals surface area contributed by atoms with Gasteiger partial charge in [-0.25, -0.2) is 8.42 Å². The second-order valence-electron chi connectivity index (χ2n) is 5.06. The van der Waals surface area contributed by atoms with Gasteiger partial charge >= 0.3 is 0 Å². The smallest absolute Gasteiger partial charge is 0.244 e. The third kappa shape index (κ3) is 3.18. The normalized spacial score (nSPS) is 12.0. The molecular weight excluding hydrogens is 304 g/mol. The molecule has 0 atom stereocenters. The zero-order chi connectivity index (χ0) is 15.6. The predicted octanol–water partition coefficient (Wildman–Crippen LogP) is 2.64. The molecule has 0 aliphatic rings. The van der Waals surface area contributed by atoms with Gasteiger partial charge in [-0.1, -0.05) is 24.3 Å². The van der Waals surface area contributed by atoms with Crippen molar-refractivity contribution in [3.8, 4) is 0 Å². The first-order chi connectivity index (χ1) is 9.87. The van der Waals surface area contributed by atoms with Crippen LogP contribution in [0.1, 0.15) is 21.6 Å². The third-order valence-electron chi connectivity index (χ3n) is 3.50. The fourth-order valence-electron chi connectivity index (χ4n) is 2.24. The summed E-state index contributed by atoms with van der Waals surface area (Å²) >= 11 is 1.40. The number of sulfonamides is 1. The van der Waals surface area contributed by atoms with E-state index in [0.29, 0.717) is 16.3 Å². The molecule has 0 unspecified atom stereocenters. The van der Waals surface area contributed by atoms with Gasteiger partial charge in [0.25, 0.3) is 0 Å². The van der Waals surface area contributed by atoms with Gasteiger partial charge in [0.2, 0.25) is 10.0 Å².